The van der Waals surface area contributed by atoms with Crippen LogP contribution in [0.25, 0.3) is 0 Å². The largest absolute Gasteiger partial charge is 0.271 e. The molecule has 2 aromatic rings. The molecule has 0 radical (unpaired) electrons. The molecule has 1 aliphatic heterocycles. The van der Waals surface area contributed by atoms with E-state index in [2.05, 4.69) is 28.1 Å². The molecule has 0 saturated carbocycles. The molecule has 1 atom stereocenters. The van der Waals surface area contributed by atoms with Crippen molar-refractivity contribution in [1.29, 1.82) is 0 Å². The Balaban J connectivity index is 1.66. The third-order valence-corrected chi connectivity index (χ3v) is 5.05. The van der Waals surface area contributed by atoms with Gasteiger partial charge in [-0.25, -0.2) is 0 Å². The minimum absolute atomic E-state index is 0.0407. The predicted octanol–water partition coefficient (Wildman–Crippen LogP) is 3.60. The summed E-state index contributed by atoms with van der Waals surface area (Å²) in [6, 6.07) is 13.3. The third-order valence-electron chi connectivity index (χ3n) is 4.56. The number of rotatable bonds is 1. The van der Waals surface area contributed by atoms with Crippen molar-refractivity contribution >= 4 is 27.7 Å². The van der Waals surface area contributed by atoms with E-state index in [0.717, 1.165) is 23.7 Å². The minimum Gasteiger partial charge on any atom is -0.271 e. The maximum Gasteiger partial charge on any atom is 0.261 e. The fourth-order valence-electron chi connectivity index (χ4n) is 3.46. The second-order valence-corrected chi connectivity index (χ2v) is 6.75. The van der Waals surface area contributed by atoms with Crippen molar-refractivity contribution in [3.05, 3.63) is 69.2 Å². The first-order chi connectivity index (χ1) is 10.6. The molecule has 0 spiro atoms. The van der Waals surface area contributed by atoms with Gasteiger partial charge in [-0.05, 0) is 54.7 Å². The smallest absolute Gasteiger partial charge is 0.261 e. The van der Waals surface area contributed by atoms with Gasteiger partial charge in [0.15, 0.2) is 0 Å². The lowest BCUT2D eigenvalue weighted by Gasteiger charge is -2.31. The highest BCUT2D eigenvalue weighted by Crippen LogP contribution is 2.32. The molecule has 4 rings (SSSR count). The number of carbonyl (C=O) groups excluding carboxylic acids is 2. The molecule has 1 heterocycles. The minimum atomic E-state index is -0.147. The molecule has 0 unspecified atom stereocenters. The summed E-state index contributed by atoms with van der Waals surface area (Å²) in [5, 5.41) is 0. The Morgan fingerprint density at radius 3 is 2.32 bits per heavy atom. The lowest BCUT2D eigenvalue weighted by molar-refractivity contribution is 0.0571. The van der Waals surface area contributed by atoms with Crippen LogP contribution in [0.1, 0.15) is 38.3 Å². The topological polar surface area (TPSA) is 37.4 Å². The van der Waals surface area contributed by atoms with E-state index in [0.29, 0.717) is 11.1 Å². The van der Waals surface area contributed by atoms with Crippen molar-refractivity contribution in [3.8, 4) is 0 Å². The number of nitrogens with zero attached hydrogens (tertiary/aromatic N) is 1. The monoisotopic (exact) mass is 355 g/mol. The highest BCUT2D eigenvalue weighted by atomic mass is 79.9. The number of amides is 2. The average molecular weight is 356 g/mol. The van der Waals surface area contributed by atoms with Gasteiger partial charge in [-0.3, -0.25) is 14.5 Å². The van der Waals surface area contributed by atoms with Crippen LogP contribution in [0.4, 0.5) is 0 Å². The summed E-state index contributed by atoms with van der Waals surface area (Å²) in [6.45, 7) is 0. The molecule has 2 amide bonds. The Hall–Kier alpha value is -1.94. The highest BCUT2D eigenvalue weighted by molar-refractivity contribution is 9.10. The van der Waals surface area contributed by atoms with E-state index in [1.807, 2.05) is 6.07 Å². The van der Waals surface area contributed by atoms with Gasteiger partial charge in [0.05, 0.1) is 11.1 Å². The lowest BCUT2D eigenvalue weighted by atomic mass is 9.87. The fourth-order valence-corrected chi connectivity index (χ4v) is 3.87. The van der Waals surface area contributed by atoms with Gasteiger partial charge in [-0.1, -0.05) is 34.1 Å². The molecule has 3 nitrogen and oxygen atoms in total. The number of hydrogen-bond acceptors (Lipinski definition) is 2. The number of hydrogen-bond donors (Lipinski definition) is 0. The van der Waals surface area contributed by atoms with Gasteiger partial charge in [-0.15, -0.1) is 0 Å². The highest BCUT2D eigenvalue weighted by Gasteiger charge is 2.40. The first-order valence-corrected chi connectivity index (χ1v) is 8.18. The second kappa shape index (κ2) is 5.06. The predicted molar refractivity (Wildman–Crippen MR) is 86.9 cm³/mol. The molecule has 0 aromatic heterocycles. The van der Waals surface area contributed by atoms with Gasteiger partial charge >= 0.3 is 0 Å². The zero-order valence-corrected chi connectivity index (χ0v) is 13.5. The summed E-state index contributed by atoms with van der Waals surface area (Å²) in [4.78, 5) is 26.6. The molecule has 0 bridgehead atoms. The van der Waals surface area contributed by atoms with E-state index < -0.39 is 0 Å². The van der Waals surface area contributed by atoms with Crippen LogP contribution >= 0.6 is 15.9 Å². The van der Waals surface area contributed by atoms with Crippen molar-refractivity contribution < 1.29 is 9.59 Å². The maximum atomic E-state index is 12.6. The van der Waals surface area contributed by atoms with Gasteiger partial charge in [0.1, 0.15) is 0 Å². The molecule has 0 saturated heterocycles. The number of halogens is 1. The number of fused-ring (bicyclic) bond motifs is 2. The Bertz CT molecular complexity index is 764. The van der Waals surface area contributed by atoms with Gasteiger partial charge < -0.3 is 0 Å². The van der Waals surface area contributed by atoms with E-state index in [-0.39, 0.29) is 17.9 Å². The van der Waals surface area contributed by atoms with Crippen molar-refractivity contribution in [3.63, 3.8) is 0 Å². The van der Waals surface area contributed by atoms with Crippen molar-refractivity contribution in [2.24, 2.45) is 0 Å². The summed E-state index contributed by atoms with van der Waals surface area (Å²) in [7, 11) is 0. The number of carbonyl (C=O) groups is 2. The van der Waals surface area contributed by atoms with Gasteiger partial charge in [0, 0.05) is 10.5 Å². The van der Waals surface area contributed by atoms with Crippen LogP contribution in [-0.4, -0.2) is 22.8 Å². The Labute approximate surface area is 137 Å². The quantitative estimate of drug-likeness (QED) is 0.733. The lowest BCUT2D eigenvalue weighted by Crippen LogP contribution is -2.43. The fraction of sp³-hybridized carbons (Fsp3) is 0.222. The van der Waals surface area contributed by atoms with E-state index >= 15 is 0 Å². The Kier molecular flexibility index (Phi) is 3.15. The molecule has 0 N–H and O–H groups in total. The van der Waals surface area contributed by atoms with E-state index in [1.54, 1.807) is 24.3 Å². The molecule has 4 heteroatoms. The van der Waals surface area contributed by atoms with Crippen molar-refractivity contribution in [2.75, 3.05) is 0 Å². The first kappa shape index (κ1) is 13.7. The normalized spacial score (nSPS) is 20.0. The second-order valence-electron chi connectivity index (χ2n) is 5.84. The zero-order valence-electron chi connectivity index (χ0n) is 11.9. The Morgan fingerprint density at radius 1 is 0.955 bits per heavy atom. The van der Waals surface area contributed by atoms with E-state index in [1.165, 1.54) is 16.0 Å². The summed E-state index contributed by atoms with van der Waals surface area (Å²) in [5.41, 5.74) is 3.61. The van der Waals surface area contributed by atoms with Crippen LogP contribution in [-0.2, 0) is 12.8 Å². The zero-order chi connectivity index (χ0) is 15.3. The molecular weight excluding hydrogens is 342 g/mol. The van der Waals surface area contributed by atoms with Gasteiger partial charge in [0.2, 0.25) is 0 Å². The Morgan fingerprint density at radius 2 is 1.64 bits per heavy atom. The van der Waals surface area contributed by atoms with E-state index in [9.17, 15) is 9.59 Å². The summed E-state index contributed by atoms with van der Waals surface area (Å²) in [5.74, 6) is -0.294. The van der Waals surface area contributed by atoms with Crippen LogP contribution < -0.4 is 0 Å². The van der Waals surface area contributed by atoms with Crippen LogP contribution in [0, 0.1) is 0 Å². The van der Waals surface area contributed by atoms with Crippen LogP contribution in [0.3, 0.4) is 0 Å². The van der Waals surface area contributed by atoms with Crippen molar-refractivity contribution in [2.45, 2.75) is 25.3 Å². The number of benzene rings is 2. The molecule has 1 aliphatic carbocycles. The first-order valence-electron chi connectivity index (χ1n) is 7.39. The van der Waals surface area contributed by atoms with Gasteiger partial charge in [-0.2, -0.15) is 0 Å². The van der Waals surface area contributed by atoms with Crippen LogP contribution in [0.5, 0.6) is 0 Å². The average Bonchev–Trinajstić information content (AvgIpc) is 2.79. The molecule has 22 heavy (non-hydrogen) atoms. The standard InChI is InChI=1S/C18H14BrNO2/c19-13-7-5-12-10-14(8-6-11(12)9-13)20-17(21)15-3-1-2-4-16(15)18(20)22/h1-5,7,9,14H,6,8,10H2/t14-/m1/s1. The molecule has 0 fully saturated rings. The maximum absolute atomic E-state index is 12.6. The van der Waals surface area contributed by atoms with Crippen LogP contribution in [0.2, 0.25) is 0 Å². The molecule has 2 aromatic carbocycles. The molecule has 2 aliphatic rings. The summed E-state index contributed by atoms with van der Waals surface area (Å²) < 4.78 is 1.07. The van der Waals surface area contributed by atoms with Crippen LogP contribution in [0.15, 0.2) is 46.9 Å². The number of imide groups is 1. The van der Waals surface area contributed by atoms with Crippen molar-refractivity contribution in [1.82, 2.24) is 4.90 Å². The SMILES string of the molecule is O=C1c2ccccc2C(=O)N1[C@@H]1CCc2cc(Br)ccc2C1. The van der Waals surface area contributed by atoms with Gasteiger partial charge in [0.25, 0.3) is 11.8 Å². The molecule has 110 valence electrons. The third kappa shape index (κ3) is 2.02. The number of aryl methyl sites for hydroxylation is 1. The summed E-state index contributed by atoms with van der Waals surface area (Å²) >= 11 is 3.49. The van der Waals surface area contributed by atoms with E-state index in [4.69, 9.17) is 0 Å². The summed E-state index contributed by atoms with van der Waals surface area (Å²) in [6.07, 6.45) is 2.47. The molecular formula is C18H14BrNO2.